The van der Waals surface area contributed by atoms with Crippen molar-refractivity contribution in [2.24, 2.45) is 4.99 Å². The van der Waals surface area contributed by atoms with Crippen LogP contribution in [0.15, 0.2) is 64.5 Å². The molecule has 0 spiro atoms. The van der Waals surface area contributed by atoms with Crippen LogP contribution in [0.2, 0.25) is 0 Å². The molecule has 1 aromatic carbocycles. The first kappa shape index (κ1) is 19.3. The minimum Gasteiger partial charge on any atom is -0.315 e. The van der Waals surface area contributed by atoms with Gasteiger partial charge in [-0.2, -0.15) is 0 Å². The molecular weight excluding hydrogens is 420 g/mol. The van der Waals surface area contributed by atoms with Crippen LogP contribution in [-0.4, -0.2) is 45.8 Å². The minimum atomic E-state index is -3.02. The number of fused-ring (bicyclic) bond motifs is 2. The maximum atomic E-state index is 12.5. The molecule has 5 rings (SSSR count). The summed E-state index contributed by atoms with van der Waals surface area (Å²) < 4.78 is 25.4. The Balaban J connectivity index is 1.54. The molecule has 1 fully saturated rings. The fourth-order valence-electron chi connectivity index (χ4n) is 3.88. The molecule has 0 radical (unpaired) electrons. The third-order valence-corrected chi connectivity index (χ3v) is 8.54. The quantitative estimate of drug-likeness (QED) is 0.621. The molecule has 0 bridgehead atoms. The number of anilines is 1. The van der Waals surface area contributed by atoms with Gasteiger partial charge in [0.25, 0.3) is 5.56 Å². The Morgan fingerprint density at radius 3 is 2.83 bits per heavy atom. The number of hydrogen-bond acceptors (Lipinski definition) is 7. The zero-order chi connectivity index (χ0) is 20.9. The average Bonchev–Trinajstić information content (AvgIpc) is 3.19. The Bertz CT molecular complexity index is 1330. The van der Waals surface area contributed by atoms with Crippen LogP contribution in [0.5, 0.6) is 0 Å². The van der Waals surface area contributed by atoms with E-state index in [4.69, 9.17) is 4.99 Å². The van der Waals surface area contributed by atoms with Gasteiger partial charge in [0.1, 0.15) is 5.65 Å². The molecule has 0 unspecified atom stereocenters. The van der Waals surface area contributed by atoms with E-state index in [0.717, 1.165) is 16.4 Å². The van der Waals surface area contributed by atoms with Crippen LogP contribution in [0.4, 0.5) is 5.69 Å². The first-order chi connectivity index (χ1) is 14.4. The van der Waals surface area contributed by atoms with Gasteiger partial charge in [0.2, 0.25) is 0 Å². The Labute approximate surface area is 178 Å². The lowest BCUT2D eigenvalue weighted by Gasteiger charge is -2.24. The highest BCUT2D eigenvalue weighted by atomic mass is 32.2. The summed E-state index contributed by atoms with van der Waals surface area (Å²) in [5.74, 6) is 0.262. The van der Waals surface area contributed by atoms with Gasteiger partial charge < -0.3 is 4.90 Å². The number of aromatic nitrogens is 2. The Hall–Kier alpha value is -2.65. The molecule has 0 N–H and O–H groups in total. The SMILES string of the molecule is Cc1cccc(N(Cc2cc(=O)n3ccccc3n2)C2=N[C@H]3CS(=O)(=O)C[C@H]3S2)c1. The van der Waals surface area contributed by atoms with E-state index in [1.807, 2.05) is 36.1 Å². The van der Waals surface area contributed by atoms with E-state index in [2.05, 4.69) is 11.1 Å². The minimum absolute atomic E-state index is 0.0486. The van der Waals surface area contributed by atoms with E-state index in [0.29, 0.717) is 17.9 Å². The van der Waals surface area contributed by atoms with Crippen molar-refractivity contribution in [1.82, 2.24) is 9.38 Å². The molecule has 0 amide bonds. The van der Waals surface area contributed by atoms with E-state index in [1.165, 1.54) is 16.2 Å². The average molecular weight is 441 g/mol. The van der Waals surface area contributed by atoms with E-state index in [-0.39, 0.29) is 28.4 Å². The van der Waals surface area contributed by atoms with Gasteiger partial charge >= 0.3 is 0 Å². The standard InChI is InChI=1S/C21H20N4O3S2/c1-14-5-4-6-16(9-14)25(21-23-17-12-30(27,28)13-18(17)29-21)11-15-10-20(26)24-8-3-2-7-19(24)22-15/h2-10,17-18H,11-13H2,1H3/t17-,18+/m0/s1. The molecule has 0 aliphatic carbocycles. The number of nitrogens with zero attached hydrogens (tertiary/aromatic N) is 4. The second-order valence-electron chi connectivity index (χ2n) is 7.65. The summed E-state index contributed by atoms with van der Waals surface area (Å²) in [5, 5.41) is 0.730. The summed E-state index contributed by atoms with van der Waals surface area (Å²) in [6.07, 6.45) is 1.70. The predicted octanol–water partition coefficient (Wildman–Crippen LogP) is 2.28. The van der Waals surface area contributed by atoms with Gasteiger partial charge in [0.05, 0.1) is 29.8 Å². The van der Waals surface area contributed by atoms with Crippen molar-refractivity contribution >= 4 is 38.1 Å². The lowest BCUT2D eigenvalue weighted by atomic mass is 10.2. The molecule has 1 saturated heterocycles. The number of thioether (sulfide) groups is 1. The van der Waals surface area contributed by atoms with Crippen molar-refractivity contribution in [3.8, 4) is 0 Å². The van der Waals surface area contributed by atoms with Crippen LogP contribution < -0.4 is 10.5 Å². The molecule has 2 atom stereocenters. The molecule has 154 valence electrons. The molecule has 30 heavy (non-hydrogen) atoms. The zero-order valence-corrected chi connectivity index (χ0v) is 17.9. The lowest BCUT2D eigenvalue weighted by molar-refractivity contribution is 0.601. The van der Waals surface area contributed by atoms with Gasteiger partial charge in [-0.3, -0.25) is 14.2 Å². The molecule has 2 aromatic heterocycles. The molecule has 4 heterocycles. The summed E-state index contributed by atoms with van der Waals surface area (Å²) in [6.45, 7) is 2.40. The number of benzene rings is 1. The van der Waals surface area contributed by atoms with Gasteiger partial charge in [-0.15, -0.1) is 0 Å². The van der Waals surface area contributed by atoms with Crippen molar-refractivity contribution in [2.45, 2.75) is 24.8 Å². The lowest BCUT2D eigenvalue weighted by Crippen LogP contribution is -2.29. The summed E-state index contributed by atoms with van der Waals surface area (Å²) in [6, 6.07) is 14.8. The largest absolute Gasteiger partial charge is 0.315 e. The number of pyridine rings is 1. The van der Waals surface area contributed by atoms with Crippen LogP contribution in [-0.2, 0) is 16.4 Å². The molecule has 9 heteroatoms. The van der Waals surface area contributed by atoms with Crippen molar-refractivity contribution < 1.29 is 8.42 Å². The van der Waals surface area contributed by atoms with Gasteiger partial charge in [0, 0.05) is 23.2 Å². The fraction of sp³-hybridized carbons (Fsp3) is 0.286. The second-order valence-corrected chi connectivity index (χ2v) is 11.0. The van der Waals surface area contributed by atoms with E-state index in [1.54, 1.807) is 24.4 Å². The van der Waals surface area contributed by atoms with E-state index >= 15 is 0 Å². The third kappa shape index (κ3) is 3.63. The molecular formula is C21H20N4O3S2. The first-order valence-corrected chi connectivity index (χ1v) is 12.3. The van der Waals surface area contributed by atoms with Crippen molar-refractivity contribution in [3.63, 3.8) is 0 Å². The molecule has 3 aromatic rings. The Morgan fingerprint density at radius 1 is 1.17 bits per heavy atom. The van der Waals surface area contributed by atoms with Crippen LogP contribution in [0.1, 0.15) is 11.3 Å². The maximum Gasteiger partial charge on any atom is 0.258 e. The van der Waals surface area contributed by atoms with Crippen LogP contribution in [0.25, 0.3) is 5.65 Å². The smallest absolute Gasteiger partial charge is 0.258 e. The normalized spacial score (nSPS) is 22.1. The zero-order valence-electron chi connectivity index (χ0n) is 16.3. The van der Waals surface area contributed by atoms with Crippen molar-refractivity contribution in [1.29, 1.82) is 0 Å². The number of sulfone groups is 1. The van der Waals surface area contributed by atoms with E-state index in [9.17, 15) is 13.2 Å². The van der Waals surface area contributed by atoms with Crippen LogP contribution in [0.3, 0.4) is 0 Å². The van der Waals surface area contributed by atoms with Crippen LogP contribution >= 0.6 is 11.8 Å². The highest BCUT2D eigenvalue weighted by Gasteiger charge is 2.44. The number of aliphatic imine (C=N–C) groups is 1. The monoisotopic (exact) mass is 440 g/mol. The topological polar surface area (TPSA) is 84.1 Å². The third-order valence-electron chi connectivity index (χ3n) is 5.29. The van der Waals surface area contributed by atoms with Crippen molar-refractivity contribution in [2.75, 3.05) is 16.4 Å². The second kappa shape index (κ2) is 7.24. The van der Waals surface area contributed by atoms with Gasteiger partial charge in [-0.25, -0.2) is 13.4 Å². The molecule has 0 saturated carbocycles. The highest BCUT2D eigenvalue weighted by Crippen LogP contribution is 2.37. The summed E-state index contributed by atoms with van der Waals surface area (Å²) in [4.78, 5) is 24.0. The predicted molar refractivity (Wildman–Crippen MR) is 120 cm³/mol. The van der Waals surface area contributed by atoms with Gasteiger partial charge in [-0.05, 0) is 36.8 Å². The van der Waals surface area contributed by atoms with E-state index < -0.39 is 9.84 Å². The number of aryl methyl sites for hydroxylation is 1. The number of amidine groups is 1. The fourth-order valence-corrected chi connectivity index (χ4v) is 7.66. The summed E-state index contributed by atoms with van der Waals surface area (Å²) in [5.41, 5.74) is 3.15. The Morgan fingerprint density at radius 2 is 2.03 bits per heavy atom. The molecule has 7 nitrogen and oxygen atoms in total. The Kier molecular flexibility index (Phi) is 4.67. The summed E-state index contributed by atoms with van der Waals surface area (Å²) in [7, 11) is -3.02. The van der Waals surface area contributed by atoms with Gasteiger partial charge in [-0.1, -0.05) is 30.0 Å². The number of rotatable bonds is 3. The van der Waals surface area contributed by atoms with Crippen LogP contribution in [0, 0.1) is 6.92 Å². The summed E-state index contributed by atoms with van der Waals surface area (Å²) >= 11 is 1.51. The molecule has 2 aliphatic heterocycles. The van der Waals surface area contributed by atoms with Crippen molar-refractivity contribution in [3.05, 3.63) is 76.3 Å². The number of hydrogen-bond donors (Lipinski definition) is 0. The molecule has 2 aliphatic rings. The maximum absolute atomic E-state index is 12.5. The highest BCUT2D eigenvalue weighted by molar-refractivity contribution is 8.15. The van der Waals surface area contributed by atoms with Gasteiger partial charge in [0.15, 0.2) is 15.0 Å². The first-order valence-electron chi connectivity index (χ1n) is 9.64.